The molecule has 0 bridgehead atoms. The molecule has 0 saturated heterocycles. The van der Waals surface area contributed by atoms with Gasteiger partial charge in [-0.3, -0.25) is 4.79 Å². The molecule has 2 N–H and O–H groups in total. The van der Waals surface area contributed by atoms with Gasteiger partial charge in [-0.2, -0.15) is 0 Å². The van der Waals surface area contributed by atoms with Crippen molar-refractivity contribution in [3.63, 3.8) is 0 Å². The van der Waals surface area contributed by atoms with Gasteiger partial charge in [0.25, 0.3) is 0 Å². The third-order valence-corrected chi connectivity index (χ3v) is 2.12. The minimum Gasteiger partial charge on any atom is -0.508 e. The Balaban J connectivity index is 3.29. The zero-order chi connectivity index (χ0) is 11.6. The van der Waals surface area contributed by atoms with Crippen LogP contribution in [-0.4, -0.2) is 16.0 Å². The van der Waals surface area contributed by atoms with Gasteiger partial charge in [-0.05, 0) is 26.0 Å². The fraction of sp³-hybridized carbons (Fsp3) is 0.250. The topological polar surface area (TPSA) is 57.5 Å². The van der Waals surface area contributed by atoms with E-state index in [1.807, 2.05) is 0 Å². The first-order valence-electron chi connectivity index (χ1n) is 4.62. The third-order valence-electron chi connectivity index (χ3n) is 2.12. The fourth-order valence-electron chi connectivity index (χ4n) is 1.39. The van der Waals surface area contributed by atoms with Gasteiger partial charge in [0.2, 0.25) is 0 Å². The van der Waals surface area contributed by atoms with Gasteiger partial charge in [0.1, 0.15) is 11.5 Å². The van der Waals surface area contributed by atoms with E-state index in [4.69, 9.17) is 0 Å². The highest BCUT2D eigenvalue weighted by molar-refractivity contribution is 5.97. The van der Waals surface area contributed by atoms with E-state index >= 15 is 0 Å². The predicted molar refractivity (Wildman–Crippen MR) is 58.3 cm³/mol. The molecule has 0 aliphatic heterocycles. The second-order valence-corrected chi connectivity index (χ2v) is 3.65. The molecule has 80 valence electrons. The molecule has 3 heteroatoms. The van der Waals surface area contributed by atoms with Gasteiger partial charge in [-0.25, -0.2) is 0 Å². The standard InChI is InChI=1S/C12H14O3/c1-7(2)6-10-11(14)5-4-9(8(3)13)12(10)15/h4-5,14-15H,1,6H2,2-3H3. The maximum absolute atomic E-state index is 11.2. The highest BCUT2D eigenvalue weighted by Gasteiger charge is 2.14. The quantitative estimate of drug-likeness (QED) is 0.589. The van der Waals surface area contributed by atoms with E-state index in [2.05, 4.69) is 6.58 Å². The monoisotopic (exact) mass is 206 g/mol. The van der Waals surface area contributed by atoms with E-state index in [1.165, 1.54) is 19.1 Å². The van der Waals surface area contributed by atoms with Crippen molar-refractivity contribution in [3.05, 3.63) is 35.4 Å². The lowest BCUT2D eigenvalue weighted by atomic mass is 10.00. The summed E-state index contributed by atoms with van der Waals surface area (Å²) in [6.45, 7) is 6.86. The van der Waals surface area contributed by atoms with Crippen LogP contribution in [0.4, 0.5) is 0 Å². The maximum Gasteiger partial charge on any atom is 0.163 e. The molecule has 0 aliphatic carbocycles. The number of phenols is 2. The van der Waals surface area contributed by atoms with Crippen LogP contribution in [0.25, 0.3) is 0 Å². The number of carbonyl (C=O) groups is 1. The van der Waals surface area contributed by atoms with Crippen LogP contribution in [0.2, 0.25) is 0 Å². The van der Waals surface area contributed by atoms with Gasteiger partial charge in [-0.1, -0.05) is 12.2 Å². The van der Waals surface area contributed by atoms with E-state index in [-0.39, 0.29) is 22.8 Å². The summed E-state index contributed by atoms with van der Waals surface area (Å²) in [5.74, 6) is -0.388. The molecule has 0 aliphatic rings. The highest BCUT2D eigenvalue weighted by atomic mass is 16.3. The third kappa shape index (κ3) is 2.37. The average molecular weight is 206 g/mol. The van der Waals surface area contributed by atoms with Crippen molar-refractivity contribution < 1.29 is 15.0 Å². The Kier molecular flexibility index (Phi) is 3.14. The van der Waals surface area contributed by atoms with Crippen molar-refractivity contribution in [2.75, 3.05) is 0 Å². The summed E-state index contributed by atoms with van der Waals surface area (Å²) in [6.07, 6.45) is 0.360. The Morgan fingerprint density at radius 2 is 1.93 bits per heavy atom. The van der Waals surface area contributed by atoms with Crippen molar-refractivity contribution in [2.45, 2.75) is 20.3 Å². The van der Waals surface area contributed by atoms with E-state index in [1.54, 1.807) is 6.92 Å². The number of hydrogen-bond acceptors (Lipinski definition) is 3. The van der Waals surface area contributed by atoms with Crippen molar-refractivity contribution in [3.8, 4) is 11.5 Å². The molecule has 0 unspecified atom stereocenters. The average Bonchev–Trinajstić information content (AvgIpc) is 2.11. The lowest BCUT2D eigenvalue weighted by molar-refractivity contribution is 0.101. The zero-order valence-corrected chi connectivity index (χ0v) is 8.87. The normalized spacial score (nSPS) is 10.0. The molecule has 0 aromatic heterocycles. The molecule has 1 aromatic carbocycles. The van der Waals surface area contributed by atoms with Crippen LogP contribution in [0.1, 0.15) is 29.8 Å². The number of Topliss-reactive ketones (excluding diaryl/α,β-unsaturated/α-hetero) is 1. The summed E-state index contributed by atoms with van der Waals surface area (Å²) in [6, 6.07) is 2.82. The van der Waals surface area contributed by atoms with Gasteiger partial charge in [0.15, 0.2) is 5.78 Å². The largest absolute Gasteiger partial charge is 0.508 e. The second kappa shape index (κ2) is 4.17. The van der Waals surface area contributed by atoms with Crippen molar-refractivity contribution in [2.24, 2.45) is 0 Å². The Morgan fingerprint density at radius 3 is 2.40 bits per heavy atom. The molecule has 0 saturated carbocycles. The summed E-state index contributed by atoms with van der Waals surface area (Å²) in [7, 11) is 0. The van der Waals surface area contributed by atoms with Crippen LogP contribution in [0.15, 0.2) is 24.3 Å². The lowest BCUT2D eigenvalue weighted by Gasteiger charge is -2.09. The first-order valence-corrected chi connectivity index (χ1v) is 4.62. The van der Waals surface area contributed by atoms with E-state index in [9.17, 15) is 15.0 Å². The molecule has 3 nitrogen and oxygen atoms in total. The smallest absolute Gasteiger partial charge is 0.163 e. The number of benzene rings is 1. The van der Waals surface area contributed by atoms with E-state index < -0.39 is 0 Å². The van der Waals surface area contributed by atoms with Gasteiger partial charge in [0.05, 0.1) is 5.56 Å². The predicted octanol–water partition coefficient (Wildman–Crippen LogP) is 2.42. The summed E-state index contributed by atoms with van der Waals surface area (Å²) < 4.78 is 0. The number of hydrogen-bond donors (Lipinski definition) is 2. The number of phenolic OH excluding ortho intramolecular Hbond substituents is 2. The molecule has 0 radical (unpaired) electrons. The highest BCUT2D eigenvalue weighted by Crippen LogP contribution is 2.32. The first-order chi connectivity index (χ1) is 6.93. The van der Waals surface area contributed by atoms with Crippen molar-refractivity contribution >= 4 is 5.78 Å². The number of allylic oxidation sites excluding steroid dienone is 1. The van der Waals surface area contributed by atoms with E-state index in [0.29, 0.717) is 12.0 Å². The summed E-state index contributed by atoms with van der Waals surface area (Å²) in [5.41, 5.74) is 1.39. The second-order valence-electron chi connectivity index (χ2n) is 3.65. The van der Waals surface area contributed by atoms with Gasteiger partial charge < -0.3 is 10.2 Å². The van der Waals surface area contributed by atoms with Crippen LogP contribution in [0, 0.1) is 0 Å². The Hall–Kier alpha value is -1.77. The van der Waals surface area contributed by atoms with Crippen LogP contribution >= 0.6 is 0 Å². The van der Waals surface area contributed by atoms with Crippen LogP contribution < -0.4 is 0 Å². The van der Waals surface area contributed by atoms with Crippen molar-refractivity contribution in [1.82, 2.24) is 0 Å². The van der Waals surface area contributed by atoms with Gasteiger partial charge >= 0.3 is 0 Å². The molecular formula is C12H14O3. The first kappa shape index (κ1) is 11.3. The summed E-state index contributed by atoms with van der Waals surface area (Å²) >= 11 is 0. The molecular weight excluding hydrogens is 192 g/mol. The van der Waals surface area contributed by atoms with Gasteiger partial charge in [0, 0.05) is 12.0 Å². The summed E-state index contributed by atoms with van der Waals surface area (Å²) in [5, 5.41) is 19.3. The minimum atomic E-state index is -0.226. The minimum absolute atomic E-state index is 0.0134. The van der Waals surface area contributed by atoms with Gasteiger partial charge in [-0.15, -0.1) is 0 Å². The van der Waals surface area contributed by atoms with Crippen LogP contribution in [-0.2, 0) is 6.42 Å². The Bertz CT molecular complexity index is 419. The zero-order valence-electron chi connectivity index (χ0n) is 8.87. The Morgan fingerprint density at radius 1 is 1.33 bits per heavy atom. The molecule has 0 amide bonds. The molecule has 0 fully saturated rings. The number of carbonyl (C=O) groups excluding carboxylic acids is 1. The number of ketones is 1. The molecule has 0 spiro atoms. The van der Waals surface area contributed by atoms with Crippen LogP contribution in [0.3, 0.4) is 0 Å². The Labute approximate surface area is 88.7 Å². The molecule has 1 rings (SSSR count). The SMILES string of the molecule is C=C(C)Cc1c(O)ccc(C(C)=O)c1O. The maximum atomic E-state index is 11.2. The number of aromatic hydroxyl groups is 2. The fourth-order valence-corrected chi connectivity index (χ4v) is 1.39. The molecule has 15 heavy (non-hydrogen) atoms. The summed E-state index contributed by atoms with van der Waals surface area (Å²) in [4.78, 5) is 11.2. The molecule has 0 atom stereocenters. The number of rotatable bonds is 3. The van der Waals surface area contributed by atoms with Crippen molar-refractivity contribution in [1.29, 1.82) is 0 Å². The lowest BCUT2D eigenvalue weighted by Crippen LogP contribution is -1.97. The molecule has 1 aromatic rings. The molecule has 0 heterocycles. The van der Waals surface area contributed by atoms with Crippen LogP contribution in [0.5, 0.6) is 11.5 Å². The van der Waals surface area contributed by atoms with E-state index in [0.717, 1.165) is 5.57 Å².